The van der Waals surface area contributed by atoms with E-state index in [1.54, 1.807) is 0 Å². The molecule has 2 unspecified atom stereocenters. The maximum atomic E-state index is 11.8. The molecule has 1 heterocycles. The van der Waals surface area contributed by atoms with Gasteiger partial charge in [-0.15, -0.1) is 0 Å². The van der Waals surface area contributed by atoms with Crippen molar-refractivity contribution in [3.63, 3.8) is 0 Å². The Balaban J connectivity index is 1.95. The highest BCUT2D eigenvalue weighted by atomic mass is 16.3. The Labute approximate surface area is 94.1 Å². The molecule has 4 heteroatoms. The zero-order valence-electron chi connectivity index (χ0n) is 8.91. The van der Waals surface area contributed by atoms with Gasteiger partial charge < -0.3 is 15.1 Å². The highest BCUT2D eigenvalue weighted by Crippen LogP contribution is 2.12. The van der Waals surface area contributed by atoms with Crippen LogP contribution in [0.1, 0.15) is 5.56 Å². The minimum atomic E-state index is -0.806. The van der Waals surface area contributed by atoms with Crippen LogP contribution in [-0.4, -0.2) is 46.3 Å². The van der Waals surface area contributed by atoms with Gasteiger partial charge in [0.2, 0.25) is 5.91 Å². The summed E-state index contributed by atoms with van der Waals surface area (Å²) in [4.78, 5) is 13.3. The van der Waals surface area contributed by atoms with Crippen molar-refractivity contribution in [3.05, 3.63) is 35.9 Å². The maximum Gasteiger partial charge on any atom is 0.227 e. The number of aliphatic hydroxyl groups is 2. The molecular formula is C12H15NO3. The van der Waals surface area contributed by atoms with Gasteiger partial charge >= 0.3 is 0 Å². The number of rotatable bonds is 2. The number of carbonyl (C=O) groups is 1. The van der Waals surface area contributed by atoms with Crippen LogP contribution in [0.3, 0.4) is 0 Å². The van der Waals surface area contributed by atoms with E-state index >= 15 is 0 Å². The Morgan fingerprint density at radius 1 is 1.19 bits per heavy atom. The van der Waals surface area contributed by atoms with E-state index in [1.165, 1.54) is 4.90 Å². The number of hydrogen-bond acceptors (Lipinski definition) is 3. The third-order valence-electron chi connectivity index (χ3n) is 2.81. The lowest BCUT2D eigenvalue weighted by Crippen LogP contribution is -2.31. The number of benzene rings is 1. The van der Waals surface area contributed by atoms with E-state index < -0.39 is 12.2 Å². The van der Waals surface area contributed by atoms with Crippen LogP contribution in [0.5, 0.6) is 0 Å². The summed E-state index contributed by atoms with van der Waals surface area (Å²) in [7, 11) is 0. The Bertz CT molecular complexity index is 356. The highest BCUT2D eigenvalue weighted by molar-refractivity contribution is 5.79. The standard InChI is InChI=1S/C12H15NO3/c14-10-7-13(8-11(10)15)12(16)6-9-4-2-1-3-5-9/h1-5,10-11,14-15H,6-8H2. The van der Waals surface area contributed by atoms with Crippen molar-refractivity contribution in [1.29, 1.82) is 0 Å². The van der Waals surface area contributed by atoms with Gasteiger partial charge in [0.15, 0.2) is 0 Å². The van der Waals surface area contributed by atoms with Crippen molar-refractivity contribution < 1.29 is 15.0 Å². The molecule has 1 saturated heterocycles. The predicted octanol–water partition coefficient (Wildman–Crippen LogP) is -0.207. The van der Waals surface area contributed by atoms with Crippen LogP contribution in [0.15, 0.2) is 30.3 Å². The number of carbonyl (C=O) groups excluding carboxylic acids is 1. The number of likely N-dealkylation sites (tertiary alicyclic amines) is 1. The van der Waals surface area contributed by atoms with Crippen LogP contribution in [0.2, 0.25) is 0 Å². The fourth-order valence-corrected chi connectivity index (χ4v) is 1.86. The first kappa shape index (κ1) is 11.1. The minimum absolute atomic E-state index is 0.0539. The topological polar surface area (TPSA) is 60.8 Å². The van der Waals surface area contributed by atoms with Gasteiger partial charge in [-0.3, -0.25) is 4.79 Å². The molecular weight excluding hydrogens is 206 g/mol. The molecule has 2 rings (SSSR count). The molecule has 4 nitrogen and oxygen atoms in total. The lowest BCUT2D eigenvalue weighted by Gasteiger charge is -2.15. The Hall–Kier alpha value is -1.39. The first-order valence-corrected chi connectivity index (χ1v) is 5.34. The average molecular weight is 221 g/mol. The summed E-state index contributed by atoms with van der Waals surface area (Å²) < 4.78 is 0. The normalized spacial score (nSPS) is 24.8. The molecule has 2 atom stereocenters. The van der Waals surface area contributed by atoms with Gasteiger partial charge in [-0.1, -0.05) is 30.3 Å². The summed E-state index contributed by atoms with van der Waals surface area (Å²) in [5.41, 5.74) is 0.948. The van der Waals surface area contributed by atoms with E-state index in [0.717, 1.165) is 5.56 Å². The second kappa shape index (κ2) is 4.63. The van der Waals surface area contributed by atoms with E-state index in [9.17, 15) is 15.0 Å². The molecule has 1 amide bonds. The van der Waals surface area contributed by atoms with Crippen LogP contribution in [0.4, 0.5) is 0 Å². The van der Waals surface area contributed by atoms with Gasteiger partial charge in [0.05, 0.1) is 18.6 Å². The molecule has 0 bridgehead atoms. The van der Waals surface area contributed by atoms with Gasteiger partial charge in [-0.05, 0) is 5.56 Å². The quantitative estimate of drug-likeness (QED) is 0.726. The van der Waals surface area contributed by atoms with Gasteiger partial charge in [-0.25, -0.2) is 0 Å². The third-order valence-corrected chi connectivity index (χ3v) is 2.81. The third kappa shape index (κ3) is 2.40. The molecule has 0 aliphatic carbocycles. The van der Waals surface area contributed by atoms with Gasteiger partial charge in [0.1, 0.15) is 0 Å². The molecule has 86 valence electrons. The number of β-amino-alcohol motifs (C(OH)–C–C–N with tert-alkyl or cyclic N) is 2. The van der Waals surface area contributed by atoms with Gasteiger partial charge in [-0.2, -0.15) is 0 Å². The lowest BCUT2D eigenvalue weighted by atomic mass is 10.1. The number of hydrogen-bond donors (Lipinski definition) is 2. The van der Waals surface area contributed by atoms with E-state index in [4.69, 9.17) is 0 Å². The molecule has 1 aromatic rings. The fourth-order valence-electron chi connectivity index (χ4n) is 1.86. The Morgan fingerprint density at radius 3 is 2.31 bits per heavy atom. The number of amides is 1. The number of nitrogens with zero attached hydrogens (tertiary/aromatic N) is 1. The summed E-state index contributed by atoms with van der Waals surface area (Å²) >= 11 is 0. The van der Waals surface area contributed by atoms with Crippen molar-refractivity contribution in [2.24, 2.45) is 0 Å². The molecule has 0 saturated carbocycles. The molecule has 1 aliphatic heterocycles. The van der Waals surface area contributed by atoms with Crippen LogP contribution < -0.4 is 0 Å². The zero-order chi connectivity index (χ0) is 11.5. The second-order valence-electron chi connectivity index (χ2n) is 4.10. The predicted molar refractivity (Wildman–Crippen MR) is 58.7 cm³/mol. The van der Waals surface area contributed by atoms with E-state index in [1.807, 2.05) is 30.3 Å². The van der Waals surface area contributed by atoms with Crippen LogP contribution in [0, 0.1) is 0 Å². The maximum absolute atomic E-state index is 11.8. The molecule has 2 N–H and O–H groups in total. The number of aliphatic hydroxyl groups excluding tert-OH is 2. The van der Waals surface area contributed by atoms with Crippen LogP contribution >= 0.6 is 0 Å². The van der Waals surface area contributed by atoms with Gasteiger partial charge in [0, 0.05) is 13.1 Å². The molecule has 1 fully saturated rings. The molecule has 0 aromatic heterocycles. The summed E-state index contributed by atoms with van der Waals surface area (Å²) in [5, 5.41) is 18.7. The summed E-state index contributed by atoms with van der Waals surface area (Å²) in [6.45, 7) is 0.458. The molecule has 0 radical (unpaired) electrons. The van der Waals surface area contributed by atoms with Crippen molar-refractivity contribution >= 4 is 5.91 Å². The summed E-state index contributed by atoms with van der Waals surface area (Å²) in [5.74, 6) is -0.0539. The van der Waals surface area contributed by atoms with Crippen molar-refractivity contribution in [2.45, 2.75) is 18.6 Å². The SMILES string of the molecule is O=C(Cc1ccccc1)N1CC(O)C(O)C1. The van der Waals surface area contributed by atoms with Gasteiger partial charge in [0.25, 0.3) is 0 Å². The fraction of sp³-hybridized carbons (Fsp3) is 0.417. The molecule has 16 heavy (non-hydrogen) atoms. The molecule has 0 spiro atoms. The monoisotopic (exact) mass is 221 g/mol. The lowest BCUT2D eigenvalue weighted by molar-refractivity contribution is -0.129. The molecule has 1 aliphatic rings. The van der Waals surface area contributed by atoms with E-state index in [2.05, 4.69) is 0 Å². The molecule has 1 aromatic carbocycles. The van der Waals surface area contributed by atoms with Crippen LogP contribution in [-0.2, 0) is 11.2 Å². The van der Waals surface area contributed by atoms with E-state index in [0.29, 0.717) is 6.42 Å². The first-order valence-electron chi connectivity index (χ1n) is 5.34. The Kier molecular flexibility index (Phi) is 3.22. The minimum Gasteiger partial charge on any atom is -0.388 e. The van der Waals surface area contributed by atoms with E-state index in [-0.39, 0.29) is 19.0 Å². The summed E-state index contributed by atoms with van der Waals surface area (Å²) in [6.07, 6.45) is -1.29. The largest absolute Gasteiger partial charge is 0.388 e. The van der Waals surface area contributed by atoms with Crippen molar-refractivity contribution in [2.75, 3.05) is 13.1 Å². The van der Waals surface area contributed by atoms with Crippen LogP contribution in [0.25, 0.3) is 0 Å². The first-order chi connectivity index (χ1) is 7.66. The smallest absolute Gasteiger partial charge is 0.227 e. The summed E-state index contributed by atoms with van der Waals surface area (Å²) in [6, 6.07) is 9.45. The van der Waals surface area contributed by atoms with Crippen molar-refractivity contribution in [1.82, 2.24) is 4.90 Å². The average Bonchev–Trinajstić information content (AvgIpc) is 2.61. The highest BCUT2D eigenvalue weighted by Gasteiger charge is 2.32. The Morgan fingerprint density at radius 2 is 1.75 bits per heavy atom. The zero-order valence-corrected chi connectivity index (χ0v) is 8.91. The second-order valence-corrected chi connectivity index (χ2v) is 4.10. The van der Waals surface area contributed by atoms with Crippen molar-refractivity contribution in [3.8, 4) is 0 Å².